The summed E-state index contributed by atoms with van der Waals surface area (Å²) in [6.45, 7) is 9.42. The monoisotopic (exact) mass is 275 g/mol. The van der Waals surface area contributed by atoms with Crippen molar-refractivity contribution in [2.75, 3.05) is 6.54 Å². The lowest BCUT2D eigenvalue weighted by Crippen LogP contribution is -2.34. The van der Waals surface area contributed by atoms with Gasteiger partial charge in [0.2, 0.25) is 0 Å². The second-order valence-electron chi connectivity index (χ2n) is 6.15. The highest BCUT2D eigenvalue weighted by Gasteiger charge is 2.26. The number of esters is 1. The van der Waals surface area contributed by atoms with Gasteiger partial charge in [-0.3, -0.25) is 0 Å². The van der Waals surface area contributed by atoms with E-state index in [9.17, 15) is 4.79 Å². The number of carbonyl (C=O) groups is 1. The van der Waals surface area contributed by atoms with E-state index in [-0.39, 0.29) is 12.0 Å². The summed E-state index contributed by atoms with van der Waals surface area (Å²) in [6.07, 6.45) is 1.92. The average Bonchev–Trinajstić information content (AvgIpc) is 2.92. The van der Waals surface area contributed by atoms with Crippen LogP contribution in [0.4, 0.5) is 0 Å². The van der Waals surface area contributed by atoms with Crippen molar-refractivity contribution in [2.45, 2.75) is 58.4 Å². The zero-order chi connectivity index (χ0) is 14.7. The Bertz CT molecular complexity index is 448. The Labute approximate surface area is 121 Å². The Kier molecular flexibility index (Phi) is 4.81. The van der Waals surface area contributed by atoms with Crippen molar-refractivity contribution in [3.63, 3.8) is 0 Å². The standard InChI is InChI=1S/C17H25NO2/c1-11(2)13-7-5-8-14(12(3)4)16(13)20-17(19)15-9-6-10-18-15/h5,7-8,11-12,15,18H,6,9-10H2,1-4H3. The molecule has 110 valence electrons. The quantitative estimate of drug-likeness (QED) is 0.674. The van der Waals surface area contributed by atoms with Crippen LogP contribution in [-0.4, -0.2) is 18.6 Å². The van der Waals surface area contributed by atoms with E-state index in [0.29, 0.717) is 11.8 Å². The SMILES string of the molecule is CC(C)c1cccc(C(C)C)c1OC(=O)C1CCCN1. The Morgan fingerprint density at radius 1 is 1.20 bits per heavy atom. The van der Waals surface area contributed by atoms with Gasteiger partial charge in [0.1, 0.15) is 11.8 Å². The molecule has 1 aliphatic rings. The van der Waals surface area contributed by atoms with Gasteiger partial charge in [-0.25, -0.2) is 4.79 Å². The molecular formula is C17H25NO2. The van der Waals surface area contributed by atoms with Gasteiger partial charge in [0.15, 0.2) is 0 Å². The number of para-hydroxylation sites is 1. The van der Waals surface area contributed by atoms with Crippen molar-refractivity contribution >= 4 is 5.97 Å². The second kappa shape index (κ2) is 6.40. The summed E-state index contributed by atoms with van der Waals surface area (Å²) in [5, 5.41) is 3.20. The highest BCUT2D eigenvalue weighted by molar-refractivity contribution is 5.79. The topological polar surface area (TPSA) is 38.3 Å². The van der Waals surface area contributed by atoms with E-state index in [1.54, 1.807) is 0 Å². The van der Waals surface area contributed by atoms with Gasteiger partial charge >= 0.3 is 5.97 Å². The number of ether oxygens (including phenoxy) is 1. The van der Waals surface area contributed by atoms with Crippen LogP contribution in [0, 0.1) is 0 Å². The maximum absolute atomic E-state index is 12.3. The van der Waals surface area contributed by atoms with Crippen LogP contribution >= 0.6 is 0 Å². The highest BCUT2D eigenvalue weighted by Crippen LogP contribution is 2.34. The van der Waals surface area contributed by atoms with E-state index in [2.05, 4.69) is 51.2 Å². The van der Waals surface area contributed by atoms with Gasteiger partial charge in [0, 0.05) is 0 Å². The molecule has 1 saturated heterocycles. The van der Waals surface area contributed by atoms with Crippen LogP contribution in [-0.2, 0) is 4.79 Å². The predicted molar refractivity (Wildman–Crippen MR) is 81.3 cm³/mol. The van der Waals surface area contributed by atoms with Crippen molar-refractivity contribution in [3.8, 4) is 5.75 Å². The minimum absolute atomic E-state index is 0.141. The van der Waals surface area contributed by atoms with Crippen LogP contribution in [0.1, 0.15) is 63.5 Å². The average molecular weight is 275 g/mol. The zero-order valence-corrected chi connectivity index (χ0v) is 12.9. The molecule has 1 aromatic carbocycles. The minimum Gasteiger partial charge on any atom is -0.425 e. The first-order chi connectivity index (χ1) is 9.50. The summed E-state index contributed by atoms with van der Waals surface area (Å²) in [7, 11) is 0. The van der Waals surface area contributed by atoms with E-state index >= 15 is 0 Å². The van der Waals surface area contributed by atoms with Gasteiger partial charge in [-0.15, -0.1) is 0 Å². The molecule has 0 radical (unpaired) electrons. The van der Waals surface area contributed by atoms with Gasteiger partial charge in [-0.2, -0.15) is 0 Å². The normalized spacial score (nSPS) is 18.8. The van der Waals surface area contributed by atoms with Gasteiger partial charge in [-0.05, 0) is 42.3 Å². The molecule has 0 amide bonds. The number of hydrogen-bond donors (Lipinski definition) is 1. The molecule has 2 rings (SSSR count). The van der Waals surface area contributed by atoms with Crippen LogP contribution < -0.4 is 10.1 Å². The fourth-order valence-corrected chi connectivity index (χ4v) is 2.66. The molecule has 1 heterocycles. The molecule has 1 unspecified atom stereocenters. The number of benzene rings is 1. The molecule has 1 atom stereocenters. The fraction of sp³-hybridized carbons (Fsp3) is 0.588. The van der Waals surface area contributed by atoms with Crippen LogP contribution in [0.5, 0.6) is 5.75 Å². The van der Waals surface area contributed by atoms with E-state index < -0.39 is 0 Å². The third-order valence-electron chi connectivity index (χ3n) is 3.87. The van der Waals surface area contributed by atoms with Gasteiger partial charge < -0.3 is 10.1 Å². The van der Waals surface area contributed by atoms with Crippen LogP contribution in [0.25, 0.3) is 0 Å². The molecule has 0 aromatic heterocycles. The lowest BCUT2D eigenvalue weighted by Gasteiger charge is -2.20. The van der Waals surface area contributed by atoms with Crippen molar-refractivity contribution in [1.29, 1.82) is 0 Å². The van der Waals surface area contributed by atoms with E-state index in [4.69, 9.17) is 4.74 Å². The summed E-state index contributed by atoms with van der Waals surface area (Å²) in [5.74, 6) is 1.31. The number of hydrogen-bond acceptors (Lipinski definition) is 3. The number of rotatable bonds is 4. The zero-order valence-electron chi connectivity index (χ0n) is 12.9. The van der Waals surface area contributed by atoms with Gasteiger partial charge in [-0.1, -0.05) is 45.9 Å². The lowest BCUT2D eigenvalue weighted by atomic mass is 9.94. The molecule has 20 heavy (non-hydrogen) atoms. The third-order valence-corrected chi connectivity index (χ3v) is 3.87. The lowest BCUT2D eigenvalue weighted by molar-refractivity contribution is -0.136. The Morgan fingerprint density at radius 2 is 1.80 bits per heavy atom. The molecule has 1 fully saturated rings. The van der Waals surface area contributed by atoms with Gasteiger partial charge in [0.05, 0.1) is 0 Å². The van der Waals surface area contributed by atoms with E-state index in [0.717, 1.165) is 36.3 Å². The Balaban J connectivity index is 2.30. The Morgan fingerprint density at radius 3 is 2.25 bits per heavy atom. The largest absolute Gasteiger partial charge is 0.425 e. The maximum atomic E-state index is 12.3. The fourth-order valence-electron chi connectivity index (χ4n) is 2.66. The number of carbonyl (C=O) groups excluding carboxylic acids is 1. The van der Waals surface area contributed by atoms with Crippen molar-refractivity contribution in [3.05, 3.63) is 29.3 Å². The molecule has 0 spiro atoms. The number of nitrogens with one attached hydrogen (secondary N) is 1. The predicted octanol–water partition coefficient (Wildman–Crippen LogP) is 3.59. The summed E-state index contributed by atoms with van der Waals surface area (Å²) in [5.41, 5.74) is 2.23. The summed E-state index contributed by atoms with van der Waals surface area (Å²) < 4.78 is 5.78. The van der Waals surface area contributed by atoms with Crippen LogP contribution in [0.3, 0.4) is 0 Å². The summed E-state index contributed by atoms with van der Waals surface area (Å²) >= 11 is 0. The molecule has 3 heteroatoms. The van der Waals surface area contributed by atoms with E-state index in [1.165, 1.54) is 0 Å². The van der Waals surface area contributed by atoms with Crippen LogP contribution in [0.2, 0.25) is 0 Å². The Hall–Kier alpha value is -1.35. The van der Waals surface area contributed by atoms with Crippen molar-refractivity contribution < 1.29 is 9.53 Å². The summed E-state index contributed by atoms with van der Waals surface area (Å²) in [6, 6.07) is 6.02. The third kappa shape index (κ3) is 3.21. The van der Waals surface area contributed by atoms with Crippen molar-refractivity contribution in [1.82, 2.24) is 5.32 Å². The molecule has 0 bridgehead atoms. The first kappa shape index (κ1) is 15.0. The summed E-state index contributed by atoms with van der Waals surface area (Å²) in [4.78, 5) is 12.3. The van der Waals surface area contributed by atoms with Crippen molar-refractivity contribution in [2.24, 2.45) is 0 Å². The minimum atomic E-state index is -0.143. The maximum Gasteiger partial charge on any atom is 0.328 e. The highest BCUT2D eigenvalue weighted by atomic mass is 16.5. The molecule has 3 nitrogen and oxygen atoms in total. The first-order valence-electron chi connectivity index (χ1n) is 7.58. The molecule has 1 N–H and O–H groups in total. The molecule has 1 aromatic rings. The molecular weight excluding hydrogens is 250 g/mol. The second-order valence-corrected chi connectivity index (χ2v) is 6.15. The van der Waals surface area contributed by atoms with E-state index in [1.807, 2.05) is 0 Å². The molecule has 0 aliphatic carbocycles. The molecule has 0 saturated carbocycles. The smallest absolute Gasteiger partial charge is 0.328 e. The van der Waals surface area contributed by atoms with Gasteiger partial charge in [0.25, 0.3) is 0 Å². The first-order valence-corrected chi connectivity index (χ1v) is 7.58. The molecule has 1 aliphatic heterocycles. The van der Waals surface area contributed by atoms with Crippen LogP contribution in [0.15, 0.2) is 18.2 Å².